The standard InChI is InChI=1S/C11H18O4S/c1-7(16(13,14)15)11-5-4-8(6-9(11)12)10(11,2)3/h7-8H,4-6H2,1-3H3,(H,13,14,15)/p-1. The summed E-state index contributed by atoms with van der Waals surface area (Å²) in [4.78, 5) is 12.1. The van der Waals surface area contributed by atoms with Crippen molar-refractivity contribution in [3.05, 3.63) is 0 Å². The van der Waals surface area contributed by atoms with Crippen molar-refractivity contribution in [2.75, 3.05) is 0 Å². The Morgan fingerprint density at radius 1 is 1.44 bits per heavy atom. The van der Waals surface area contributed by atoms with Crippen molar-refractivity contribution in [2.24, 2.45) is 16.7 Å². The average molecular weight is 245 g/mol. The molecule has 0 spiro atoms. The SMILES string of the molecule is CC(C12CCC(CC1=O)C2(C)C)S(=O)(=O)[O-]. The fourth-order valence-electron chi connectivity index (χ4n) is 3.91. The summed E-state index contributed by atoms with van der Waals surface area (Å²) in [6.45, 7) is 5.25. The highest BCUT2D eigenvalue weighted by Crippen LogP contribution is 2.66. The van der Waals surface area contributed by atoms with Crippen LogP contribution in [0.4, 0.5) is 0 Å². The summed E-state index contributed by atoms with van der Waals surface area (Å²) in [5.74, 6) is 0.213. The van der Waals surface area contributed by atoms with Crippen LogP contribution in [0.3, 0.4) is 0 Å². The van der Waals surface area contributed by atoms with Crippen LogP contribution >= 0.6 is 0 Å². The monoisotopic (exact) mass is 245 g/mol. The molecule has 0 N–H and O–H groups in total. The Labute approximate surface area is 96.2 Å². The second kappa shape index (κ2) is 3.07. The van der Waals surface area contributed by atoms with Gasteiger partial charge in [-0.15, -0.1) is 0 Å². The van der Waals surface area contributed by atoms with Crippen LogP contribution in [0.1, 0.15) is 40.0 Å². The van der Waals surface area contributed by atoms with Crippen molar-refractivity contribution < 1.29 is 17.8 Å². The Balaban J connectivity index is 2.56. The summed E-state index contributed by atoms with van der Waals surface area (Å²) in [5.41, 5.74) is -1.29. The molecule has 0 aromatic carbocycles. The number of rotatable bonds is 2. The van der Waals surface area contributed by atoms with Gasteiger partial charge in [-0.05, 0) is 31.1 Å². The fourth-order valence-corrected chi connectivity index (χ4v) is 4.96. The lowest BCUT2D eigenvalue weighted by Crippen LogP contribution is -2.48. The van der Waals surface area contributed by atoms with E-state index < -0.39 is 20.8 Å². The molecule has 3 unspecified atom stereocenters. The van der Waals surface area contributed by atoms with Crippen molar-refractivity contribution in [3.8, 4) is 0 Å². The van der Waals surface area contributed by atoms with Crippen LogP contribution in [0.2, 0.25) is 0 Å². The minimum Gasteiger partial charge on any atom is -0.748 e. The van der Waals surface area contributed by atoms with Crippen molar-refractivity contribution in [2.45, 2.75) is 45.3 Å². The molecule has 0 aliphatic heterocycles. The summed E-state index contributed by atoms with van der Waals surface area (Å²) < 4.78 is 33.7. The van der Waals surface area contributed by atoms with Gasteiger partial charge in [0, 0.05) is 11.8 Å². The lowest BCUT2D eigenvalue weighted by Gasteiger charge is -2.42. The zero-order chi connectivity index (χ0) is 12.4. The van der Waals surface area contributed by atoms with E-state index in [0.29, 0.717) is 12.8 Å². The third kappa shape index (κ3) is 1.19. The quantitative estimate of drug-likeness (QED) is 0.687. The van der Waals surface area contributed by atoms with Crippen molar-refractivity contribution in [1.82, 2.24) is 0 Å². The van der Waals surface area contributed by atoms with E-state index in [-0.39, 0.29) is 17.1 Å². The normalized spacial score (nSPS) is 39.0. The van der Waals surface area contributed by atoms with E-state index in [0.717, 1.165) is 6.42 Å². The van der Waals surface area contributed by atoms with Gasteiger partial charge in [0.05, 0.1) is 15.4 Å². The van der Waals surface area contributed by atoms with Crippen LogP contribution in [-0.2, 0) is 14.9 Å². The van der Waals surface area contributed by atoms with Crippen LogP contribution in [0.5, 0.6) is 0 Å². The number of Topliss-reactive ketones (excluding diaryl/α,β-unsaturated/α-hetero) is 1. The van der Waals surface area contributed by atoms with E-state index in [9.17, 15) is 17.8 Å². The highest BCUT2D eigenvalue weighted by atomic mass is 32.2. The molecule has 2 aliphatic carbocycles. The third-order valence-electron chi connectivity index (χ3n) is 5.11. The predicted octanol–water partition coefficient (Wildman–Crippen LogP) is 1.32. The van der Waals surface area contributed by atoms with Gasteiger partial charge in [0.1, 0.15) is 5.78 Å². The molecule has 16 heavy (non-hydrogen) atoms. The van der Waals surface area contributed by atoms with Crippen molar-refractivity contribution in [3.63, 3.8) is 0 Å². The minimum atomic E-state index is -4.40. The van der Waals surface area contributed by atoms with Gasteiger partial charge in [-0.1, -0.05) is 13.8 Å². The van der Waals surface area contributed by atoms with E-state index in [2.05, 4.69) is 0 Å². The van der Waals surface area contributed by atoms with Crippen LogP contribution in [-0.4, -0.2) is 24.0 Å². The summed E-state index contributed by atoms with van der Waals surface area (Å²) >= 11 is 0. The zero-order valence-electron chi connectivity index (χ0n) is 9.82. The lowest BCUT2D eigenvalue weighted by molar-refractivity contribution is -0.129. The largest absolute Gasteiger partial charge is 0.748 e. The molecule has 0 radical (unpaired) electrons. The number of carbonyl (C=O) groups excluding carboxylic acids is 1. The maximum atomic E-state index is 12.1. The molecule has 5 heteroatoms. The number of ketones is 1. The Morgan fingerprint density at radius 3 is 2.31 bits per heavy atom. The molecule has 2 aliphatic rings. The van der Waals surface area contributed by atoms with Gasteiger partial charge in [-0.25, -0.2) is 8.42 Å². The molecule has 0 saturated heterocycles. The van der Waals surface area contributed by atoms with Crippen LogP contribution in [0.15, 0.2) is 0 Å². The first-order valence-electron chi connectivity index (χ1n) is 5.62. The average Bonchev–Trinajstić information content (AvgIpc) is 2.48. The molecule has 0 aromatic rings. The second-order valence-corrected chi connectivity index (χ2v) is 7.38. The summed E-state index contributed by atoms with van der Waals surface area (Å²) in [6.07, 6.45) is 1.84. The first kappa shape index (κ1) is 12.0. The zero-order valence-corrected chi connectivity index (χ0v) is 10.6. The van der Waals surface area contributed by atoms with Crippen LogP contribution in [0.25, 0.3) is 0 Å². The summed E-state index contributed by atoms with van der Waals surface area (Å²) in [7, 11) is -4.40. The van der Waals surface area contributed by atoms with Gasteiger partial charge in [0.2, 0.25) is 0 Å². The maximum absolute atomic E-state index is 12.1. The Bertz CT molecular complexity index is 437. The molecule has 92 valence electrons. The first-order chi connectivity index (χ1) is 7.14. The Kier molecular flexibility index (Phi) is 2.31. The summed E-state index contributed by atoms with van der Waals surface area (Å²) in [6, 6.07) is 0. The maximum Gasteiger partial charge on any atom is 0.141 e. The van der Waals surface area contributed by atoms with E-state index in [1.807, 2.05) is 13.8 Å². The molecule has 2 saturated carbocycles. The Morgan fingerprint density at radius 2 is 2.00 bits per heavy atom. The molecular weight excluding hydrogens is 228 g/mol. The fraction of sp³-hybridized carbons (Fsp3) is 0.909. The topological polar surface area (TPSA) is 74.3 Å². The van der Waals surface area contributed by atoms with E-state index in [1.54, 1.807) is 0 Å². The molecule has 3 atom stereocenters. The number of hydrogen-bond acceptors (Lipinski definition) is 4. The Hall–Kier alpha value is -0.420. The van der Waals surface area contributed by atoms with Crippen molar-refractivity contribution in [1.29, 1.82) is 0 Å². The van der Waals surface area contributed by atoms with Gasteiger partial charge in [-0.3, -0.25) is 4.79 Å². The highest BCUT2D eigenvalue weighted by Gasteiger charge is 2.67. The molecule has 2 bridgehead atoms. The van der Waals surface area contributed by atoms with Gasteiger partial charge in [0.15, 0.2) is 0 Å². The molecule has 2 fully saturated rings. The van der Waals surface area contributed by atoms with E-state index in [1.165, 1.54) is 6.92 Å². The molecule has 0 heterocycles. The van der Waals surface area contributed by atoms with E-state index >= 15 is 0 Å². The number of fused-ring (bicyclic) bond motifs is 2. The van der Waals surface area contributed by atoms with Crippen LogP contribution < -0.4 is 0 Å². The minimum absolute atomic E-state index is 0.0272. The predicted molar refractivity (Wildman–Crippen MR) is 57.7 cm³/mol. The van der Waals surface area contributed by atoms with Gasteiger partial charge in [-0.2, -0.15) is 0 Å². The molecule has 0 amide bonds. The second-order valence-electron chi connectivity index (χ2n) is 5.69. The van der Waals surface area contributed by atoms with E-state index in [4.69, 9.17) is 0 Å². The highest BCUT2D eigenvalue weighted by molar-refractivity contribution is 7.86. The van der Waals surface area contributed by atoms with Gasteiger partial charge < -0.3 is 4.55 Å². The first-order valence-corrected chi connectivity index (χ1v) is 7.09. The van der Waals surface area contributed by atoms with Crippen LogP contribution in [0, 0.1) is 16.7 Å². The molecule has 0 aromatic heterocycles. The van der Waals surface area contributed by atoms with Gasteiger partial charge in [0.25, 0.3) is 0 Å². The van der Waals surface area contributed by atoms with Gasteiger partial charge >= 0.3 is 0 Å². The summed E-state index contributed by atoms with van der Waals surface area (Å²) in [5, 5.41) is -1.10. The third-order valence-corrected chi connectivity index (χ3v) is 6.38. The smallest absolute Gasteiger partial charge is 0.141 e. The lowest BCUT2D eigenvalue weighted by atomic mass is 9.67. The number of carbonyl (C=O) groups is 1. The molecular formula is C11H17O4S-. The van der Waals surface area contributed by atoms with Crippen molar-refractivity contribution >= 4 is 15.9 Å². The number of hydrogen-bond donors (Lipinski definition) is 0. The molecule has 4 nitrogen and oxygen atoms in total. The molecule has 2 rings (SSSR count).